The van der Waals surface area contributed by atoms with E-state index in [2.05, 4.69) is 5.32 Å². The van der Waals surface area contributed by atoms with Crippen molar-refractivity contribution in [3.8, 4) is 5.75 Å². The highest BCUT2D eigenvalue weighted by molar-refractivity contribution is 5.78. The van der Waals surface area contributed by atoms with E-state index in [4.69, 9.17) is 10.5 Å². The van der Waals surface area contributed by atoms with Crippen LogP contribution < -0.4 is 15.8 Å². The summed E-state index contributed by atoms with van der Waals surface area (Å²) in [6, 6.07) is 17.6. The average Bonchev–Trinajstić information content (AvgIpc) is 2.55. The van der Waals surface area contributed by atoms with Gasteiger partial charge in [0.25, 0.3) is 0 Å². The summed E-state index contributed by atoms with van der Waals surface area (Å²) in [5.74, 6) is 0.603. The van der Waals surface area contributed by atoms with Crippen LogP contribution in [0.1, 0.15) is 17.2 Å². The summed E-state index contributed by atoms with van der Waals surface area (Å²) in [7, 11) is 1.63. The fraction of sp³-hybridized carbons (Fsp3) is 0.235. The zero-order chi connectivity index (χ0) is 15.1. The Morgan fingerprint density at radius 2 is 1.95 bits per heavy atom. The second-order valence-electron chi connectivity index (χ2n) is 4.79. The van der Waals surface area contributed by atoms with Gasteiger partial charge in [0.1, 0.15) is 5.75 Å². The molecule has 0 saturated heterocycles. The predicted molar refractivity (Wildman–Crippen MR) is 83.1 cm³/mol. The van der Waals surface area contributed by atoms with E-state index in [-0.39, 0.29) is 18.5 Å². The largest absolute Gasteiger partial charge is 0.497 e. The molecule has 21 heavy (non-hydrogen) atoms. The molecule has 2 aromatic rings. The number of carbonyl (C=O) groups excluding carboxylic acids is 1. The lowest BCUT2D eigenvalue weighted by molar-refractivity contribution is -0.120. The molecule has 0 saturated carbocycles. The maximum atomic E-state index is 11.7. The number of ether oxygens (including phenoxy) is 1. The van der Waals surface area contributed by atoms with Gasteiger partial charge in [-0.2, -0.15) is 0 Å². The first-order valence-electron chi connectivity index (χ1n) is 6.90. The van der Waals surface area contributed by atoms with Crippen molar-refractivity contribution in [2.45, 2.75) is 12.5 Å². The molecule has 0 aromatic heterocycles. The molecule has 1 atom stereocenters. The Morgan fingerprint density at radius 1 is 1.19 bits per heavy atom. The number of hydrogen-bond donors (Lipinski definition) is 2. The Labute approximate surface area is 124 Å². The minimum atomic E-state index is -0.168. The van der Waals surface area contributed by atoms with Crippen molar-refractivity contribution in [1.82, 2.24) is 5.32 Å². The fourth-order valence-electron chi connectivity index (χ4n) is 2.21. The molecule has 0 aliphatic heterocycles. The summed E-state index contributed by atoms with van der Waals surface area (Å²) in [6.07, 6.45) is 0.708. The molecule has 0 bridgehead atoms. The van der Waals surface area contributed by atoms with E-state index >= 15 is 0 Å². The normalized spacial score (nSPS) is 11.7. The molecule has 110 valence electrons. The van der Waals surface area contributed by atoms with Crippen LogP contribution in [-0.2, 0) is 11.2 Å². The van der Waals surface area contributed by atoms with Crippen LogP contribution in [0.3, 0.4) is 0 Å². The maximum Gasteiger partial charge on any atom is 0.234 e. The van der Waals surface area contributed by atoms with E-state index in [1.54, 1.807) is 7.11 Å². The number of nitrogens with one attached hydrogen (secondary N) is 1. The Balaban J connectivity index is 2.24. The number of methoxy groups -OCH3 is 1. The molecule has 4 heteroatoms. The predicted octanol–water partition coefficient (Wildman–Crippen LogP) is 2.05. The summed E-state index contributed by atoms with van der Waals surface area (Å²) >= 11 is 0. The third-order valence-corrected chi connectivity index (χ3v) is 3.30. The van der Waals surface area contributed by atoms with Crippen LogP contribution in [-0.4, -0.2) is 19.6 Å². The lowest BCUT2D eigenvalue weighted by atomic mass is 9.98. The summed E-state index contributed by atoms with van der Waals surface area (Å²) < 4.78 is 5.25. The monoisotopic (exact) mass is 284 g/mol. The Morgan fingerprint density at radius 3 is 2.62 bits per heavy atom. The minimum Gasteiger partial charge on any atom is -0.497 e. The first-order chi connectivity index (χ1) is 10.2. The number of carbonyl (C=O) groups is 1. The molecular weight excluding hydrogens is 264 g/mol. The van der Waals surface area contributed by atoms with Gasteiger partial charge in [0.15, 0.2) is 0 Å². The number of benzene rings is 2. The number of amides is 1. The van der Waals surface area contributed by atoms with Crippen LogP contribution in [0.15, 0.2) is 54.6 Å². The van der Waals surface area contributed by atoms with Crippen molar-refractivity contribution >= 4 is 5.91 Å². The van der Waals surface area contributed by atoms with Crippen LogP contribution in [0.25, 0.3) is 0 Å². The molecule has 0 radical (unpaired) electrons. The Kier molecular flexibility index (Phi) is 5.35. The first kappa shape index (κ1) is 15.1. The number of nitrogens with two attached hydrogens (primary N) is 1. The molecule has 3 N–H and O–H groups in total. The highest BCUT2D eigenvalue weighted by Gasteiger charge is 2.15. The molecular formula is C17H20N2O2. The van der Waals surface area contributed by atoms with Crippen molar-refractivity contribution in [2.75, 3.05) is 13.7 Å². The quantitative estimate of drug-likeness (QED) is 0.853. The summed E-state index contributed by atoms with van der Waals surface area (Å²) in [5, 5.41) is 2.96. The minimum absolute atomic E-state index is 0.0186. The van der Waals surface area contributed by atoms with Crippen LogP contribution in [0.4, 0.5) is 0 Å². The van der Waals surface area contributed by atoms with Crippen molar-refractivity contribution in [2.24, 2.45) is 5.73 Å². The number of hydrogen-bond acceptors (Lipinski definition) is 3. The molecule has 0 heterocycles. The zero-order valence-corrected chi connectivity index (χ0v) is 12.1. The van der Waals surface area contributed by atoms with Gasteiger partial charge in [-0.1, -0.05) is 42.5 Å². The summed E-state index contributed by atoms with van der Waals surface area (Å²) in [4.78, 5) is 11.7. The van der Waals surface area contributed by atoms with Crippen molar-refractivity contribution < 1.29 is 9.53 Å². The molecule has 0 fully saturated rings. The van der Waals surface area contributed by atoms with Crippen molar-refractivity contribution in [1.29, 1.82) is 0 Å². The van der Waals surface area contributed by atoms with Crippen LogP contribution in [0.5, 0.6) is 5.75 Å². The molecule has 0 aliphatic rings. The van der Waals surface area contributed by atoms with Gasteiger partial charge < -0.3 is 15.8 Å². The van der Waals surface area contributed by atoms with E-state index < -0.39 is 0 Å². The molecule has 0 spiro atoms. The third kappa shape index (κ3) is 4.33. The fourth-order valence-corrected chi connectivity index (χ4v) is 2.21. The second-order valence-corrected chi connectivity index (χ2v) is 4.79. The van der Waals surface area contributed by atoms with Gasteiger partial charge in [-0.25, -0.2) is 0 Å². The van der Waals surface area contributed by atoms with Gasteiger partial charge >= 0.3 is 0 Å². The smallest absolute Gasteiger partial charge is 0.234 e. The average molecular weight is 284 g/mol. The second kappa shape index (κ2) is 7.45. The number of rotatable bonds is 6. The molecule has 4 nitrogen and oxygen atoms in total. The molecule has 2 aromatic carbocycles. The summed E-state index contributed by atoms with van der Waals surface area (Å²) in [5.41, 5.74) is 7.57. The maximum absolute atomic E-state index is 11.7. The van der Waals surface area contributed by atoms with Gasteiger partial charge in [0.2, 0.25) is 5.91 Å². The summed E-state index contributed by atoms with van der Waals surface area (Å²) in [6.45, 7) is -0.0186. The molecule has 1 amide bonds. The van der Waals surface area contributed by atoms with Gasteiger partial charge in [-0.15, -0.1) is 0 Å². The Hall–Kier alpha value is -2.33. The molecule has 2 rings (SSSR count). The SMILES string of the molecule is COc1cccc(C(Cc2ccccc2)NC(=O)CN)c1. The zero-order valence-electron chi connectivity index (χ0n) is 12.1. The van der Waals surface area contributed by atoms with E-state index in [1.165, 1.54) is 0 Å². The standard InChI is InChI=1S/C17H20N2O2/c1-21-15-9-5-8-14(11-15)16(19-17(20)12-18)10-13-6-3-2-4-7-13/h2-9,11,16H,10,12,18H2,1H3,(H,19,20). The highest BCUT2D eigenvalue weighted by Crippen LogP contribution is 2.22. The lowest BCUT2D eigenvalue weighted by Gasteiger charge is -2.19. The lowest BCUT2D eigenvalue weighted by Crippen LogP contribution is -2.34. The van der Waals surface area contributed by atoms with Crippen LogP contribution >= 0.6 is 0 Å². The van der Waals surface area contributed by atoms with E-state index in [0.29, 0.717) is 6.42 Å². The topological polar surface area (TPSA) is 64.3 Å². The van der Waals surface area contributed by atoms with Crippen LogP contribution in [0.2, 0.25) is 0 Å². The Bertz CT molecular complexity index is 584. The van der Waals surface area contributed by atoms with Gasteiger partial charge in [0.05, 0.1) is 19.7 Å². The van der Waals surface area contributed by atoms with Crippen molar-refractivity contribution in [3.63, 3.8) is 0 Å². The first-order valence-corrected chi connectivity index (χ1v) is 6.90. The van der Waals surface area contributed by atoms with E-state index in [9.17, 15) is 4.79 Å². The highest BCUT2D eigenvalue weighted by atomic mass is 16.5. The van der Waals surface area contributed by atoms with E-state index in [1.807, 2.05) is 54.6 Å². The molecule has 0 aliphatic carbocycles. The van der Waals surface area contributed by atoms with Gasteiger partial charge in [-0.3, -0.25) is 4.79 Å². The van der Waals surface area contributed by atoms with E-state index in [0.717, 1.165) is 16.9 Å². The van der Waals surface area contributed by atoms with Crippen molar-refractivity contribution in [3.05, 3.63) is 65.7 Å². The van der Waals surface area contributed by atoms with Crippen LogP contribution in [0, 0.1) is 0 Å². The molecule has 1 unspecified atom stereocenters. The van der Waals surface area contributed by atoms with Gasteiger partial charge in [-0.05, 0) is 29.7 Å². The third-order valence-electron chi connectivity index (χ3n) is 3.30. The van der Waals surface area contributed by atoms with Gasteiger partial charge in [0, 0.05) is 0 Å².